The molecule has 0 aromatic heterocycles. The van der Waals surface area contributed by atoms with Gasteiger partial charge in [0.15, 0.2) is 5.78 Å². The molecule has 0 aliphatic carbocycles. The van der Waals surface area contributed by atoms with Crippen molar-refractivity contribution in [1.82, 2.24) is 0 Å². The number of hydrogen-bond acceptors (Lipinski definition) is 2. The molecule has 0 spiro atoms. The highest BCUT2D eigenvalue weighted by atomic mass is 79.9. The number of rotatable bonds is 3. The summed E-state index contributed by atoms with van der Waals surface area (Å²) in [5.74, 6) is -0.821. The van der Waals surface area contributed by atoms with E-state index >= 15 is 0 Å². The first kappa shape index (κ1) is 13.3. The molecule has 0 bridgehead atoms. The molecule has 2 rings (SSSR count). The normalized spacial score (nSPS) is 10.4. The van der Waals surface area contributed by atoms with Crippen molar-refractivity contribution < 1.29 is 9.18 Å². The van der Waals surface area contributed by atoms with Crippen molar-refractivity contribution >= 4 is 33.5 Å². The van der Waals surface area contributed by atoms with Crippen molar-refractivity contribution in [3.05, 3.63) is 63.9 Å². The summed E-state index contributed by atoms with van der Waals surface area (Å²) >= 11 is 4.68. The molecule has 0 amide bonds. The van der Waals surface area contributed by atoms with Crippen LogP contribution in [0.5, 0.6) is 0 Å². The van der Waals surface area contributed by atoms with Gasteiger partial charge in [-0.1, -0.05) is 6.07 Å². The Balaban J connectivity index is 2.38. The number of benzene rings is 2. The summed E-state index contributed by atoms with van der Waals surface area (Å²) in [5.41, 5.74) is 0.575. The number of hydrogen-bond donors (Lipinski definition) is 0. The molecule has 0 N–H and O–H groups in total. The van der Waals surface area contributed by atoms with Crippen LogP contribution in [0.1, 0.15) is 15.9 Å². The molecule has 0 saturated heterocycles. The summed E-state index contributed by atoms with van der Waals surface area (Å²) in [4.78, 5) is 13.2. The third kappa shape index (κ3) is 2.65. The van der Waals surface area contributed by atoms with Crippen LogP contribution < -0.4 is 0 Å². The highest BCUT2D eigenvalue weighted by molar-refractivity contribution is 9.10. The Hall–Kier alpha value is -1.13. The van der Waals surface area contributed by atoms with Crippen LogP contribution >= 0.6 is 27.7 Å². The minimum absolute atomic E-state index is 0.0845. The molecule has 4 heteroatoms. The molecule has 2 aromatic carbocycles. The standard InChI is InChI=1S/C14H10BrFOS/c1-18-10-7-5-9(6-8-10)14(17)11-3-2-4-12(15)13(11)16/h2-8H,1H3. The van der Waals surface area contributed by atoms with E-state index in [0.717, 1.165) is 4.90 Å². The average molecular weight is 325 g/mol. The first-order valence-electron chi connectivity index (χ1n) is 5.26. The maximum atomic E-state index is 13.8. The number of ketones is 1. The summed E-state index contributed by atoms with van der Waals surface area (Å²) in [6.45, 7) is 0. The number of halogens is 2. The summed E-state index contributed by atoms with van der Waals surface area (Å²) in [6, 6.07) is 11.9. The third-order valence-corrected chi connectivity index (χ3v) is 3.90. The molecule has 92 valence electrons. The molecule has 18 heavy (non-hydrogen) atoms. The predicted octanol–water partition coefficient (Wildman–Crippen LogP) is 4.54. The first-order valence-corrected chi connectivity index (χ1v) is 7.28. The maximum Gasteiger partial charge on any atom is 0.196 e. The van der Waals surface area contributed by atoms with Crippen molar-refractivity contribution in [2.45, 2.75) is 4.90 Å². The van der Waals surface area contributed by atoms with E-state index in [4.69, 9.17) is 0 Å². The van der Waals surface area contributed by atoms with E-state index in [2.05, 4.69) is 15.9 Å². The Labute approximate surface area is 118 Å². The van der Waals surface area contributed by atoms with Crippen LogP contribution in [-0.2, 0) is 0 Å². The fourth-order valence-corrected chi connectivity index (χ4v) is 2.35. The largest absolute Gasteiger partial charge is 0.288 e. The van der Waals surface area contributed by atoms with E-state index in [0.29, 0.717) is 10.0 Å². The Bertz CT molecular complexity index is 581. The number of thioether (sulfide) groups is 1. The zero-order valence-electron chi connectivity index (χ0n) is 9.61. The predicted molar refractivity (Wildman–Crippen MR) is 75.8 cm³/mol. The van der Waals surface area contributed by atoms with Crippen LogP contribution in [0.25, 0.3) is 0 Å². The molecule has 0 atom stereocenters. The molecule has 0 aliphatic rings. The lowest BCUT2D eigenvalue weighted by Gasteiger charge is -2.04. The van der Waals surface area contributed by atoms with Gasteiger partial charge in [-0.3, -0.25) is 4.79 Å². The SMILES string of the molecule is CSc1ccc(C(=O)c2cccc(Br)c2F)cc1. The smallest absolute Gasteiger partial charge is 0.196 e. The van der Waals surface area contributed by atoms with Gasteiger partial charge in [-0.15, -0.1) is 11.8 Å². The van der Waals surface area contributed by atoms with Crippen molar-refractivity contribution in [1.29, 1.82) is 0 Å². The molecule has 0 aliphatic heterocycles. The summed E-state index contributed by atoms with van der Waals surface area (Å²) < 4.78 is 14.1. The average Bonchev–Trinajstić information content (AvgIpc) is 2.41. The maximum absolute atomic E-state index is 13.8. The monoisotopic (exact) mass is 324 g/mol. The topological polar surface area (TPSA) is 17.1 Å². The minimum Gasteiger partial charge on any atom is -0.288 e. The second-order valence-electron chi connectivity index (χ2n) is 3.66. The van der Waals surface area contributed by atoms with Crippen molar-refractivity contribution in [3.63, 3.8) is 0 Å². The molecule has 0 unspecified atom stereocenters. The quantitative estimate of drug-likeness (QED) is 0.609. The van der Waals surface area contributed by atoms with E-state index in [1.807, 2.05) is 18.4 Å². The molecule has 0 fully saturated rings. The van der Waals surface area contributed by atoms with Crippen LogP contribution in [0.2, 0.25) is 0 Å². The van der Waals surface area contributed by atoms with E-state index in [1.54, 1.807) is 36.0 Å². The van der Waals surface area contributed by atoms with Gasteiger partial charge in [0.05, 0.1) is 10.0 Å². The van der Waals surface area contributed by atoms with E-state index in [1.165, 1.54) is 6.07 Å². The van der Waals surface area contributed by atoms with Crippen LogP contribution in [0.4, 0.5) is 4.39 Å². The molecule has 2 aromatic rings. The molecule has 0 saturated carbocycles. The van der Waals surface area contributed by atoms with Crippen molar-refractivity contribution in [3.8, 4) is 0 Å². The molecule has 0 radical (unpaired) electrons. The van der Waals surface area contributed by atoms with Gasteiger partial charge >= 0.3 is 0 Å². The van der Waals surface area contributed by atoms with Crippen LogP contribution in [0.15, 0.2) is 51.8 Å². The van der Waals surface area contributed by atoms with Gasteiger partial charge < -0.3 is 0 Å². The zero-order valence-corrected chi connectivity index (χ0v) is 12.0. The van der Waals surface area contributed by atoms with Gasteiger partial charge in [0, 0.05) is 10.5 Å². The van der Waals surface area contributed by atoms with Gasteiger partial charge in [-0.05, 0) is 58.6 Å². The van der Waals surface area contributed by atoms with Gasteiger partial charge in [-0.25, -0.2) is 4.39 Å². The molecular formula is C14H10BrFOS. The second kappa shape index (κ2) is 5.67. The van der Waals surface area contributed by atoms with E-state index < -0.39 is 5.82 Å². The Morgan fingerprint density at radius 1 is 1.17 bits per heavy atom. The van der Waals surface area contributed by atoms with Crippen LogP contribution in [0.3, 0.4) is 0 Å². The third-order valence-electron chi connectivity index (χ3n) is 2.55. The van der Waals surface area contributed by atoms with Gasteiger partial charge in [0.2, 0.25) is 0 Å². The molecule has 0 heterocycles. The summed E-state index contributed by atoms with van der Waals surface area (Å²) in [6.07, 6.45) is 1.96. The second-order valence-corrected chi connectivity index (χ2v) is 5.39. The number of carbonyl (C=O) groups excluding carboxylic acids is 1. The Morgan fingerprint density at radius 2 is 1.83 bits per heavy atom. The fraction of sp³-hybridized carbons (Fsp3) is 0.0714. The van der Waals surface area contributed by atoms with E-state index in [-0.39, 0.29) is 11.3 Å². The highest BCUT2D eigenvalue weighted by Crippen LogP contribution is 2.22. The highest BCUT2D eigenvalue weighted by Gasteiger charge is 2.15. The zero-order chi connectivity index (χ0) is 13.1. The minimum atomic E-state index is -0.517. The lowest BCUT2D eigenvalue weighted by atomic mass is 10.0. The van der Waals surface area contributed by atoms with Crippen LogP contribution in [-0.4, -0.2) is 12.0 Å². The Kier molecular flexibility index (Phi) is 4.19. The molecule has 1 nitrogen and oxygen atoms in total. The Morgan fingerprint density at radius 3 is 2.44 bits per heavy atom. The van der Waals surface area contributed by atoms with Crippen LogP contribution in [0, 0.1) is 5.82 Å². The van der Waals surface area contributed by atoms with Gasteiger partial charge in [0.25, 0.3) is 0 Å². The first-order chi connectivity index (χ1) is 8.63. The van der Waals surface area contributed by atoms with Gasteiger partial charge in [-0.2, -0.15) is 0 Å². The summed E-state index contributed by atoms with van der Waals surface area (Å²) in [5, 5.41) is 0. The van der Waals surface area contributed by atoms with E-state index in [9.17, 15) is 9.18 Å². The lowest BCUT2D eigenvalue weighted by molar-refractivity contribution is 0.103. The van der Waals surface area contributed by atoms with Crippen molar-refractivity contribution in [2.24, 2.45) is 0 Å². The summed E-state index contributed by atoms with van der Waals surface area (Å²) in [7, 11) is 0. The number of carbonyl (C=O) groups is 1. The fourth-order valence-electron chi connectivity index (χ4n) is 1.58. The van der Waals surface area contributed by atoms with Crippen molar-refractivity contribution in [2.75, 3.05) is 6.26 Å². The van der Waals surface area contributed by atoms with Gasteiger partial charge in [0.1, 0.15) is 5.82 Å². The lowest BCUT2D eigenvalue weighted by Crippen LogP contribution is -2.04. The molecular weight excluding hydrogens is 315 g/mol.